The van der Waals surface area contributed by atoms with E-state index in [1.165, 1.54) is 6.39 Å². The van der Waals surface area contributed by atoms with Crippen molar-refractivity contribution in [2.24, 2.45) is 0 Å². The Balaban J connectivity index is 2.26. The molecular weight excluding hydrogens is 208 g/mol. The molecule has 0 unspecified atom stereocenters. The second-order valence-electron chi connectivity index (χ2n) is 3.25. The normalized spacial score (nSPS) is 11.1. The van der Waals surface area contributed by atoms with E-state index < -0.39 is 0 Å². The molecule has 0 atom stereocenters. The molecule has 0 aliphatic heterocycles. The minimum Gasteiger partial charge on any atom is -0.443 e. The summed E-state index contributed by atoms with van der Waals surface area (Å²) in [5, 5.41) is 13.3. The summed E-state index contributed by atoms with van der Waals surface area (Å²) < 4.78 is 6.94. The highest BCUT2D eigenvalue weighted by Crippen LogP contribution is 2.26. The number of aromatic nitrogens is 4. The summed E-state index contributed by atoms with van der Waals surface area (Å²) in [6, 6.07) is 0. The number of hydrogen-bond donors (Lipinski definition) is 1. The van der Waals surface area contributed by atoms with E-state index in [2.05, 4.69) is 15.1 Å². The smallest absolute Gasteiger partial charge is 0.181 e. The lowest BCUT2D eigenvalue weighted by Crippen LogP contribution is -1.88. The van der Waals surface area contributed by atoms with Crippen LogP contribution in [0.15, 0.2) is 35.6 Å². The van der Waals surface area contributed by atoms with Gasteiger partial charge in [0.2, 0.25) is 0 Å². The molecule has 3 rings (SSSR count). The van der Waals surface area contributed by atoms with Crippen LogP contribution in [0.5, 0.6) is 0 Å². The highest BCUT2D eigenvalue weighted by Gasteiger charge is 2.14. The van der Waals surface area contributed by atoms with Crippen LogP contribution in [-0.2, 0) is 6.61 Å². The molecule has 80 valence electrons. The summed E-state index contributed by atoms with van der Waals surface area (Å²) in [5.74, 6) is 0.533. The summed E-state index contributed by atoms with van der Waals surface area (Å²) in [5.41, 5.74) is 2.09. The summed E-state index contributed by atoms with van der Waals surface area (Å²) in [4.78, 5) is 7.95. The van der Waals surface area contributed by atoms with Gasteiger partial charge in [0.05, 0.1) is 30.1 Å². The van der Waals surface area contributed by atoms with Crippen molar-refractivity contribution in [1.82, 2.24) is 19.6 Å². The first-order valence-electron chi connectivity index (χ1n) is 4.71. The predicted octanol–water partition coefficient (Wildman–Crippen LogP) is 0.877. The van der Waals surface area contributed by atoms with E-state index in [-0.39, 0.29) is 6.61 Å². The zero-order chi connectivity index (χ0) is 11.0. The lowest BCUT2D eigenvalue weighted by molar-refractivity contribution is 0.277. The van der Waals surface area contributed by atoms with Crippen LogP contribution in [0.2, 0.25) is 0 Å². The molecule has 3 aromatic rings. The summed E-state index contributed by atoms with van der Waals surface area (Å²) in [6.45, 7) is -0.163. The number of aliphatic hydroxyl groups is 1. The van der Waals surface area contributed by atoms with Crippen molar-refractivity contribution in [3.63, 3.8) is 0 Å². The minimum absolute atomic E-state index is 0.163. The van der Waals surface area contributed by atoms with Crippen LogP contribution in [0.25, 0.3) is 16.8 Å². The molecule has 0 spiro atoms. The fourth-order valence-electron chi connectivity index (χ4n) is 1.61. The van der Waals surface area contributed by atoms with Crippen molar-refractivity contribution in [2.75, 3.05) is 0 Å². The van der Waals surface area contributed by atoms with E-state index in [0.717, 1.165) is 11.1 Å². The first-order valence-corrected chi connectivity index (χ1v) is 4.71. The van der Waals surface area contributed by atoms with Crippen molar-refractivity contribution in [2.45, 2.75) is 6.61 Å². The van der Waals surface area contributed by atoms with Crippen LogP contribution in [0.3, 0.4) is 0 Å². The molecule has 1 N–H and O–H groups in total. The van der Waals surface area contributed by atoms with Gasteiger partial charge in [0, 0.05) is 12.4 Å². The Bertz CT molecular complexity index is 628. The topological polar surface area (TPSA) is 76.5 Å². The van der Waals surface area contributed by atoms with Crippen LogP contribution < -0.4 is 0 Å². The molecule has 0 radical (unpaired) electrons. The van der Waals surface area contributed by atoms with Gasteiger partial charge in [-0.2, -0.15) is 5.10 Å². The first kappa shape index (κ1) is 9.05. The molecule has 3 aromatic heterocycles. The number of oxazole rings is 1. The predicted molar refractivity (Wildman–Crippen MR) is 54.4 cm³/mol. The average molecular weight is 216 g/mol. The molecule has 6 nitrogen and oxygen atoms in total. The summed E-state index contributed by atoms with van der Waals surface area (Å²) >= 11 is 0. The maximum absolute atomic E-state index is 9.11. The van der Waals surface area contributed by atoms with E-state index in [0.29, 0.717) is 11.5 Å². The van der Waals surface area contributed by atoms with Gasteiger partial charge in [-0.15, -0.1) is 0 Å². The van der Waals surface area contributed by atoms with Gasteiger partial charge in [-0.05, 0) is 0 Å². The number of aliphatic hydroxyl groups excluding tert-OH is 1. The third-order valence-electron chi connectivity index (χ3n) is 2.36. The minimum atomic E-state index is -0.163. The fraction of sp³-hybridized carbons (Fsp3) is 0.100. The Morgan fingerprint density at radius 3 is 3.19 bits per heavy atom. The molecule has 16 heavy (non-hydrogen) atoms. The SMILES string of the molecule is OCc1ncoc1-c1cnn2ccncc12. The molecule has 0 saturated heterocycles. The van der Waals surface area contributed by atoms with Gasteiger partial charge in [-0.25, -0.2) is 9.50 Å². The standard InChI is InChI=1S/C10H8N4O2/c15-5-8-10(16-6-12-8)7-3-13-14-2-1-11-4-9(7)14/h1-4,6,15H,5H2. The molecule has 0 aliphatic rings. The van der Waals surface area contributed by atoms with Crippen molar-refractivity contribution in [3.8, 4) is 11.3 Å². The summed E-state index contributed by atoms with van der Waals surface area (Å²) in [7, 11) is 0. The van der Waals surface area contributed by atoms with Crippen molar-refractivity contribution in [3.05, 3.63) is 36.9 Å². The third-order valence-corrected chi connectivity index (χ3v) is 2.36. The highest BCUT2D eigenvalue weighted by atomic mass is 16.3. The molecule has 3 heterocycles. The van der Waals surface area contributed by atoms with E-state index in [9.17, 15) is 0 Å². The van der Waals surface area contributed by atoms with Gasteiger partial charge >= 0.3 is 0 Å². The zero-order valence-corrected chi connectivity index (χ0v) is 8.24. The third kappa shape index (κ3) is 1.20. The van der Waals surface area contributed by atoms with Crippen molar-refractivity contribution >= 4 is 5.52 Å². The fourth-order valence-corrected chi connectivity index (χ4v) is 1.61. The Kier molecular flexibility index (Phi) is 1.94. The first-order chi connectivity index (χ1) is 7.90. The second-order valence-corrected chi connectivity index (χ2v) is 3.25. The van der Waals surface area contributed by atoms with Crippen LogP contribution in [0.4, 0.5) is 0 Å². The largest absolute Gasteiger partial charge is 0.443 e. The Hall–Kier alpha value is -2.21. The van der Waals surface area contributed by atoms with Gasteiger partial charge in [-0.1, -0.05) is 0 Å². The van der Waals surface area contributed by atoms with E-state index >= 15 is 0 Å². The van der Waals surface area contributed by atoms with Gasteiger partial charge in [0.15, 0.2) is 12.2 Å². The van der Waals surface area contributed by atoms with Crippen LogP contribution in [0.1, 0.15) is 5.69 Å². The van der Waals surface area contributed by atoms with Gasteiger partial charge < -0.3 is 9.52 Å². The average Bonchev–Trinajstić information content (AvgIpc) is 2.94. The molecule has 6 heteroatoms. The number of nitrogens with zero attached hydrogens (tertiary/aromatic N) is 4. The number of hydrogen-bond acceptors (Lipinski definition) is 5. The quantitative estimate of drug-likeness (QED) is 0.688. The van der Waals surface area contributed by atoms with Crippen molar-refractivity contribution < 1.29 is 9.52 Å². The number of rotatable bonds is 2. The molecule has 0 amide bonds. The van der Waals surface area contributed by atoms with Gasteiger partial charge in [-0.3, -0.25) is 4.98 Å². The molecule has 0 saturated carbocycles. The molecule has 0 fully saturated rings. The van der Waals surface area contributed by atoms with E-state index in [4.69, 9.17) is 9.52 Å². The van der Waals surface area contributed by atoms with Crippen LogP contribution >= 0.6 is 0 Å². The maximum atomic E-state index is 9.11. The second kappa shape index (κ2) is 3.42. The number of fused-ring (bicyclic) bond motifs is 1. The highest BCUT2D eigenvalue weighted by molar-refractivity contribution is 5.76. The monoisotopic (exact) mass is 216 g/mol. The zero-order valence-electron chi connectivity index (χ0n) is 8.24. The van der Waals surface area contributed by atoms with Crippen LogP contribution in [-0.4, -0.2) is 24.7 Å². The Labute approximate surface area is 90.2 Å². The van der Waals surface area contributed by atoms with E-state index in [1.807, 2.05) is 0 Å². The van der Waals surface area contributed by atoms with E-state index in [1.54, 1.807) is 29.3 Å². The molecule has 0 aliphatic carbocycles. The van der Waals surface area contributed by atoms with Crippen LogP contribution in [0, 0.1) is 0 Å². The molecular formula is C10H8N4O2. The lowest BCUT2D eigenvalue weighted by Gasteiger charge is -1.96. The summed E-state index contributed by atoms with van der Waals surface area (Å²) in [6.07, 6.45) is 8.05. The van der Waals surface area contributed by atoms with Gasteiger partial charge in [0.25, 0.3) is 0 Å². The lowest BCUT2D eigenvalue weighted by atomic mass is 10.2. The van der Waals surface area contributed by atoms with Crippen molar-refractivity contribution in [1.29, 1.82) is 0 Å². The molecule has 0 aromatic carbocycles. The van der Waals surface area contributed by atoms with Gasteiger partial charge in [0.1, 0.15) is 5.69 Å². The Morgan fingerprint density at radius 1 is 1.38 bits per heavy atom. The molecule has 0 bridgehead atoms. The maximum Gasteiger partial charge on any atom is 0.181 e. The Morgan fingerprint density at radius 2 is 2.31 bits per heavy atom.